The van der Waals surface area contributed by atoms with E-state index < -0.39 is 4.92 Å². The molecular weight excluding hydrogens is 282 g/mol. The number of non-ortho nitro benzene ring substituents is 1. The Labute approximate surface area is 110 Å². The summed E-state index contributed by atoms with van der Waals surface area (Å²) in [6, 6.07) is 6.39. The summed E-state index contributed by atoms with van der Waals surface area (Å²) in [5.41, 5.74) is 0.0910. The second-order valence-corrected chi connectivity index (χ2v) is 5.68. The van der Waals surface area contributed by atoms with Crippen molar-refractivity contribution in [3.8, 4) is 0 Å². The summed E-state index contributed by atoms with van der Waals surface area (Å²) in [5, 5.41) is 18.9. The largest absolute Gasteiger partial charge is 0.269 e. The van der Waals surface area contributed by atoms with Crippen LogP contribution in [0.25, 0.3) is 0 Å². The molecule has 2 rings (SSSR count). The van der Waals surface area contributed by atoms with E-state index in [1.165, 1.54) is 35.2 Å². The fourth-order valence-corrected chi connectivity index (χ4v) is 2.85. The van der Waals surface area contributed by atoms with Gasteiger partial charge in [0, 0.05) is 17.0 Å². The van der Waals surface area contributed by atoms with Gasteiger partial charge in [-0.3, -0.25) is 10.1 Å². The third kappa shape index (κ3) is 3.39. The Hall–Kier alpha value is -1.18. The smallest absolute Gasteiger partial charge is 0.258 e. The molecule has 0 bridgehead atoms. The zero-order chi connectivity index (χ0) is 12.3. The normalized spacial score (nSPS) is 10.4. The van der Waals surface area contributed by atoms with Gasteiger partial charge in [0.2, 0.25) is 4.47 Å². The third-order valence-electron chi connectivity index (χ3n) is 1.85. The molecule has 0 fully saturated rings. The van der Waals surface area contributed by atoms with Crippen molar-refractivity contribution >= 4 is 40.4 Å². The van der Waals surface area contributed by atoms with Crippen LogP contribution in [0, 0.1) is 10.1 Å². The van der Waals surface area contributed by atoms with Gasteiger partial charge in [-0.2, -0.15) is 0 Å². The van der Waals surface area contributed by atoms with E-state index in [1.807, 2.05) is 0 Å². The second kappa shape index (κ2) is 5.44. The Balaban J connectivity index is 1.97. The molecule has 2 aromatic rings. The van der Waals surface area contributed by atoms with E-state index in [0.717, 1.165) is 9.90 Å². The fourth-order valence-electron chi connectivity index (χ4n) is 1.10. The van der Waals surface area contributed by atoms with Crippen LogP contribution in [0.15, 0.2) is 29.2 Å². The van der Waals surface area contributed by atoms with E-state index in [4.69, 9.17) is 11.6 Å². The number of halogens is 1. The molecule has 0 aliphatic carbocycles. The molecule has 0 unspecified atom stereocenters. The van der Waals surface area contributed by atoms with Gasteiger partial charge in [-0.05, 0) is 23.7 Å². The Morgan fingerprint density at radius 2 is 2.06 bits per heavy atom. The van der Waals surface area contributed by atoms with Gasteiger partial charge in [0.25, 0.3) is 5.69 Å². The van der Waals surface area contributed by atoms with Crippen molar-refractivity contribution in [1.82, 2.24) is 10.2 Å². The number of hydrogen-bond acceptors (Lipinski definition) is 6. The molecule has 1 aromatic carbocycles. The average Bonchev–Trinajstić information content (AvgIpc) is 2.73. The summed E-state index contributed by atoms with van der Waals surface area (Å²) < 4.78 is 0.421. The number of thioether (sulfide) groups is 1. The quantitative estimate of drug-likeness (QED) is 0.490. The van der Waals surface area contributed by atoms with Crippen molar-refractivity contribution in [2.75, 3.05) is 0 Å². The lowest BCUT2D eigenvalue weighted by Gasteiger charge is -1.98. The van der Waals surface area contributed by atoms with Crippen molar-refractivity contribution in [2.24, 2.45) is 0 Å². The van der Waals surface area contributed by atoms with E-state index in [-0.39, 0.29) is 5.69 Å². The first-order chi connectivity index (χ1) is 8.15. The number of rotatable bonds is 4. The van der Waals surface area contributed by atoms with Gasteiger partial charge in [0.15, 0.2) is 0 Å². The van der Waals surface area contributed by atoms with Gasteiger partial charge in [-0.1, -0.05) is 11.3 Å². The number of benzene rings is 1. The summed E-state index contributed by atoms with van der Waals surface area (Å²) in [5.74, 6) is 0.655. The van der Waals surface area contributed by atoms with Crippen molar-refractivity contribution in [3.63, 3.8) is 0 Å². The molecular formula is C9H6ClN3O2S2. The third-order valence-corrected chi connectivity index (χ3v) is 4.08. The summed E-state index contributed by atoms with van der Waals surface area (Å²) in [6.45, 7) is 0. The Morgan fingerprint density at radius 3 is 2.59 bits per heavy atom. The van der Waals surface area contributed by atoms with Crippen LogP contribution >= 0.6 is 34.7 Å². The van der Waals surface area contributed by atoms with Crippen molar-refractivity contribution in [3.05, 3.63) is 43.9 Å². The fraction of sp³-hybridized carbons (Fsp3) is 0.111. The summed E-state index contributed by atoms with van der Waals surface area (Å²) in [4.78, 5) is 11.0. The van der Waals surface area contributed by atoms with E-state index in [1.54, 1.807) is 12.1 Å². The van der Waals surface area contributed by atoms with Crippen molar-refractivity contribution in [2.45, 2.75) is 10.6 Å². The standard InChI is InChI=1S/C9H6ClN3O2S2/c10-9-12-11-8(17-9)5-16-7-3-1-6(2-4-7)13(14)15/h1-4H,5H2. The highest BCUT2D eigenvalue weighted by Crippen LogP contribution is 2.26. The average molecular weight is 288 g/mol. The van der Waals surface area contributed by atoms with Gasteiger partial charge < -0.3 is 0 Å². The van der Waals surface area contributed by atoms with E-state index in [0.29, 0.717) is 10.2 Å². The van der Waals surface area contributed by atoms with Crippen LogP contribution in [0.4, 0.5) is 5.69 Å². The highest BCUT2D eigenvalue weighted by Gasteiger charge is 2.06. The molecule has 88 valence electrons. The van der Waals surface area contributed by atoms with E-state index in [2.05, 4.69) is 10.2 Å². The molecule has 17 heavy (non-hydrogen) atoms. The molecule has 0 radical (unpaired) electrons. The Kier molecular flexibility index (Phi) is 3.93. The minimum absolute atomic E-state index is 0.0910. The van der Waals surface area contributed by atoms with Crippen LogP contribution in [0.2, 0.25) is 4.47 Å². The van der Waals surface area contributed by atoms with Crippen molar-refractivity contribution < 1.29 is 4.92 Å². The molecule has 0 N–H and O–H groups in total. The molecule has 0 aliphatic heterocycles. The Morgan fingerprint density at radius 1 is 1.35 bits per heavy atom. The van der Waals surface area contributed by atoms with Crippen LogP contribution in [0.1, 0.15) is 5.01 Å². The number of nitro groups is 1. The molecule has 0 saturated carbocycles. The molecule has 1 aromatic heterocycles. The molecule has 0 saturated heterocycles. The number of hydrogen-bond donors (Lipinski definition) is 0. The lowest BCUT2D eigenvalue weighted by molar-refractivity contribution is -0.384. The van der Waals surface area contributed by atoms with E-state index >= 15 is 0 Å². The van der Waals surface area contributed by atoms with Gasteiger partial charge in [-0.25, -0.2) is 0 Å². The number of nitrogens with zero attached hydrogens (tertiary/aromatic N) is 3. The summed E-state index contributed by atoms with van der Waals surface area (Å²) >= 11 is 8.52. The van der Waals surface area contributed by atoms with Crippen LogP contribution in [0.5, 0.6) is 0 Å². The molecule has 0 atom stereocenters. The highest BCUT2D eigenvalue weighted by atomic mass is 35.5. The minimum Gasteiger partial charge on any atom is -0.258 e. The molecule has 0 amide bonds. The monoisotopic (exact) mass is 287 g/mol. The number of nitro benzene ring substituents is 1. The first-order valence-corrected chi connectivity index (χ1v) is 6.68. The Bertz CT molecular complexity index is 529. The number of aromatic nitrogens is 2. The topological polar surface area (TPSA) is 68.9 Å². The SMILES string of the molecule is O=[N+]([O-])c1ccc(SCc2nnc(Cl)s2)cc1. The van der Waals surface area contributed by atoms with Gasteiger partial charge >= 0.3 is 0 Å². The first kappa shape index (κ1) is 12.3. The van der Waals surface area contributed by atoms with Crippen LogP contribution in [0.3, 0.4) is 0 Å². The zero-order valence-electron chi connectivity index (χ0n) is 8.37. The highest BCUT2D eigenvalue weighted by molar-refractivity contribution is 7.98. The van der Waals surface area contributed by atoms with E-state index in [9.17, 15) is 10.1 Å². The summed E-state index contributed by atoms with van der Waals surface area (Å²) in [7, 11) is 0. The predicted molar refractivity (Wildman–Crippen MR) is 67.6 cm³/mol. The second-order valence-electron chi connectivity index (χ2n) is 2.99. The summed E-state index contributed by atoms with van der Waals surface area (Å²) in [6.07, 6.45) is 0. The van der Waals surface area contributed by atoms with Crippen LogP contribution in [-0.4, -0.2) is 15.1 Å². The maximum Gasteiger partial charge on any atom is 0.269 e. The van der Waals surface area contributed by atoms with Crippen LogP contribution < -0.4 is 0 Å². The maximum absolute atomic E-state index is 10.5. The van der Waals surface area contributed by atoms with Gasteiger partial charge in [0.1, 0.15) is 5.01 Å². The predicted octanol–water partition coefficient (Wildman–Crippen LogP) is 3.39. The molecule has 5 nitrogen and oxygen atoms in total. The molecule has 0 aliphatic rings. The molecule has 1 heterocycles. The van der Waals surface area contributed by atoms with Gasteiger partial charge in [-0.15, -0.1) is 22.0 Å². The zero-order valence-corrected chi connectivity index (χ0v) is 10.8. The van der Waals surface area contributed by atoms with Crippen LogP contribution in [-0.2, 0) is 5.75 Å². The lowest BCUT2D eigenvalue weighted by atomic mass is 10.3. The maximum atomic E-state index is 10.5. The van der Waals surface area contributed by atoms with Crippen molar-refractivity contribution in [1.29, 1.82) is 0 Å². The van der Waals surface area contributed by atoms with Gasteiger partial charge in [0.05, 0.1) is 10.7 Å². The lowest BCUT2D eigenvalue weighted by Crippen LogP contribution is -1.86. The molecule has 0 spiro atoms. The first-order valence-electron chi connectivity index (χ1n) is 4.50. The minimum atomic E-state index is -0.418. The molecule has 8 heteroatoms.